The first-order valence-electron chi connectivity index (χ1n) is 6.70. The third-order valence-electron chi connectivity index (χ3n) is 3.50. The molecule has 1 aromatic carbocycles. The molecule has 2 aromatic rings. The zero-order chi connectivity index (χ0) is 13.9. The number of rotatable bonds is 4. The lowest BCUT2D eigenvalue weighted by Gasteiger charge is -2.26. The van der Waals surface area contributed by atoms with E-state index in [0.717, 1.165) is 43.2 Å². The van der Waals surface area contributed by atoms with Crippen LogP contribution in [-0.2, 0) is 22.6 Å². The van der Waals surface area contributed by atoms with Crippen LogP contribution in [0.3, 0.4) is 0 Å². The van der Waals surface area contributed by atoms with Crippen molar-refractivity contribution in [3.05, 3.63) is 30.1 Å². The fourth-order valence-electron chi connectivity index (χ4n) is 2.52. The number of fused-ring (bicyclic) bond motifs is 1. The first kappa shape index (κ1) is 13.1. The molecule has 6 heteroatoms. The predicted octanol–water partition coefficient (Wildman–Crippen LogP) is 0.953. The molecule has 0 radical (unpaired) electrons. The number of aromatic nitrogens is 2. The van der Waals surface area contributed by atoms with Crippen LogP contribution in [0.5, 0.6) is 0 Å². The maximum absolute atomic E-state index is 11.1. The number of carbonyl (C=O) groups is 1. The lowest BCUT2D eigenvalue weighted by Crippen LogP contribution is -2.36. The van der Waals surface area contributed by atoms with Crippen molar-refractivity contribution >= 4 is 17.0 Å². The highest BCUT2D eigenvalue weighted by Crippen LogP contribution is 2.17. The van der Waals surface area contributed by atoms with Crippen molar-refractivity contribution in [2.45, 2.75) is 13.1 Å². The minimum Gasteiger partial charge on any atom is -0.480 e. The Morgan fingerprint density at radius 3 is 2.80 bits per heavy atom. The van der Waals surface area contributed by atoms with Gasteiger partial charge in [0.25, 0.3) is 0 Å². The van der Waals surface area contributed by atoms with Gasteiger partial charge in [-0.2, -0.15) is 0 Å². The van der Waals surface area contributed by atoms with Gasteiger partial charge in [-0.05, 0) is 12.1 Å². The van der Waals surface area contributed by atoms with Gasteiger partial charge in [-0.15, -0.1) is 0 Å². The van der Waals surface area contributed by atoms with Gasteiger partial charge < -0.3 is 14.4 Å². The second-order valence-electron chi connectivity index (χ2n) is 4.89. The minimum atomic E-state index is -0.851. The Morgan fingerprint density at radius 2 is 2.05 bits per heavy atom. The average Bonchev–Trinajstić information content (AvgIpc) is 2.78. The van der Waals surface area contributed by atoms with Crippen LogP contribution < -0.4 is 0 Å². The van der Waals surface area contributed by atoms with Crippen molar-refractivity contribution in [1.82, 2.24) is 14.5 Å². The van der Waals surface area contributed by atoms with Gasteiger partial charge >= 0.3 is 5.97 Å². The molecule has 0 unspecified atom stereocenters. The molecule has 6 nitrogen and oxygen atoms in total. The Bertz CT molecular complexity index is 617. The molecule has 0 bridgehead atoms. The summed E-state index contributed by atoms with van der Waals surface area (Å²) in [6.07, 6.45) is 0. The van der Waals surface area contributed by atoms with Crippen molar-refractivity contribution in [2.75, 3.05) is 26.3 Å². The molecule has 3 rings (SSSR count). The first-order chi connectivity index (χ1) is 9.74. The molecule has 0 saturated carbocycles. The normalized spacial score (nSPS) is 16.6. The number of carboxylic acids is 1. The van der Waals surface area contributed by atoms with E-state index in [1.807, 2.05) is 24.3 Å². The number of hydrogen-bond acceptors (Lipinski definition) is 4. The largest absolute Gasteiger partial charge is 0.480 e. The average molecular weight is 275 g/mol. The van der Waals surface area contributed by atoms with Gasteiger partial charge in [0.15, 0.2) is 0 Å². The highest BCUT2D eigenvalue weighted by Gasteiger charge is 2.17. The quantitative estimate of drug-likeness (QED) is 0.900. The molecule has 2 heterocycles. The molecule has 1 saturated heterocycles. The number of imidazole rings is 1. The molecule has 1 fully saturated rings. The van der Waals surface area contributed by atoms with Gasteiger partial charge in [0.05, 0.1) is 30.8 Å². The Kier molecular flexibility index (Phi) is 3.66. The number of benzene rings is 1. The molecule has 0 aliphatic carbocycles. The third-order valence-corrected chi connectivity index (χ3v) is 3.50. The summed E-state index contributed by atoms with van der Waals surface area (Å²) in [6.45, 7) is 3.76. The van der Waals surface area contributed by atoms with Crippen LogP contribution in [-0.4, -0.2) is 51.8 Å². The van der Waals surface area contributed by atoms with E-state index < -0.39 is 5.97 Å². The second kappa shape index (κ2) is 5.60. The van der Waals surface area contributed by atoms with E-state index in [1.165, 1.54) is 0 Å². The lowest BCUT2D eigenvalue weighted by atomic mass is 10.3. The van der Waals surface area contributed by atoms with Crippen LogP contribution in [0.15, 0.2) is 24.3 Å². The smallest absolute Gasteiger partial charge is 0.323 e. The topological polar surface area (TPSA) is 67.6 Å². The van der Waals surface area contributed by atoms with Crippen LogP contribution >= 0.6 is 0 Å². The molecule has 0 spiro atoms. The predicted molar refractivity (Wildman–Crippen MR) is 73.5 cm³/mol. The van der Waals surface area contributed by atoms with E-state index in [-0.39, 0.29) is 6.54 Å². The number of morpholine rings is 1. The zero-order valence-corrected chi connectivity index (χ0v) is 11.2. The second-order valence-corrected chi connectivity index (χ2v) is 4.89. The number of carboxylic acid groups (broad SMARTS) is 1. The van der Waals surface area contributed by atoms with Gasteiger partial charge in [-0.25, -0.2) is 4.98 Å². The summed E-state index contributed by atoms with van der Waals surface area (Å²) in [4.78, 5) is 17.9. The Morgan fingerprint density at radius 1 is 1.30 bits per heavy atom. The SMILES string of the molecule is O=C(O)Cn1c(CN2CCOCC2)nc2ccccc21. The molecular formula is C14H17N3O3. The fraction of sp³-hybridized carbons (Fsp3) is 0.429. The molecule has 1 aliphatic rings. The molecular weight excluding hydrogens is 258 g/mol. The van der Waals surface area contributed by atoms with E-state index in [1.54, 1.807) is 4.57 Å². The molecule has 0 amide bonds. The summed E-state index contributed by atoms with van der Waals surface area (Å²) in [6, 6.07) is 7.64. The summed E-state index contributed by atoms with van der Waals surface area (Å²) in [5, 5.41) is 9.09. The van der Waals surface area contributed by atoms with Crippen LogP contribution in [0.4, 0.5) is 0 Å². The number of hydrogen-bond donors (Lipinski definition) is 1. The summed E-state index contributed by atoms with van der Waals surface area (Å²) < 4.78 is 7.11. The van der Waals surface area contributed by atoms with Crippen LogP contribution in [0.1, 0.15) is 5.82 Å². The summed E-state index contributed by atoms with van der Waals surface area (Å²) >= 11 is 0. The molecule has 20 heavy (non-hydrogen) atoms. The van der Waals surface area contributed by atoms with Crippen LogP contribution in [0.25, 0.3) is 11.0 Å². The van der Waals surface area contributed by atoms with Crippen LogP contribution in [0, 0.1) is 0 Å². The van der Waals surface area contributed by atoms with Gasteiger partial charge in [0.2, 0.25) is 0 Å². The summed E-state index contributed by atoms with van der Waals surface area (Å²) in [7, 11) is 0. The monoisotopic (exact) mass is 275 g/mol. The maximum atomic E-state index is 11.1. The van der Waals surface area contributed by atoms with E-state index in [2.05, 4.69) is 9.88 Å². The van der Waals surface area contributed by atoms with Crippen molar-refractivity contribution in [1.29, 1.82) is 0 Å². The number of nitrogens with zero attached hydrogens (tertiary/aromatic N) is 3. The number of para-hydroxylation sites is 2. The maximum Gasteiger partial charge on any atom is 0.323 e. The molecule has 1 aromatic heterocycles. The molecule has 0 atom stereocenters. The standard InChI is InChI=1S/C14H17N3O3/c18-14(19)10-17-12-4-2-1-3-11(12)15-13(17)9-16-5-7-20-8-6-16/h1-4H,5-10H2,(H,18,19). The lowest BCUT2D eigenvalue weighted by molar-refractivity contribution is -0.137. The molecule has 1 aliphatic heterocycles. The Labute approximate surface area is 116 Å². The molecule has 1 N–H and O–H groups in total. The van der Waals surface area contributed by atoms with Gasteiger partial charge in [0, 0.05) is 13.1 Å². The van der Waals surface area contributed by atoms with Crippen molar-refractivity contribution in [2.24, 2.45) is 0 Å². The van der Waals surface area contributed by atoms with E-state index in [9.17, 15) is 4.79 Å². The van der Waals surface area contributed by atoms with Crippen molar-refractivity contribution in [3.63, 3.8) is 0 Å². The van der Waals surface area contributed by atoms with E-state index >= 15 is 0 Å². The highest BCUT2D eigenvalue weighted by molar-refractivity contribution is 5.78. The van der Waals surface area contributed by atoms with Crippen LogP contribution in [0.2, 0.25) is 0 Å². The number of ether oxygens (including phenoxy) is 1. The molecule has 106 valence electrons. The third kappa shape index (κ3) is 2.66. The first-order valence-corrected chi connectivity index (χ1v) is 6.70. The highest BCUT2D eigenvalue weighted by atomic mass is 16.5. The summed E-state index contributed by atoms with van der Waals surface area (Å²) in [5.74, 6) is -0.0492. The van der Waals surface area contributed by atoms with E-state index in [0.29, 0.717) is 6.54 Å². The zero-order valence-electron chi connectivity index (χ0n) is 11.2. The van der Waals surface area contributed by atoms with Gasteiger partial charge in [0.1, 0.15) is 12.4 Å². The Hall–Kier alpha value is -1.92. The van der Waals surface area contributed by atoms with Gasteiger partial charge in [-0.1, -0.05) is 12.1 Å². The van der Waals surface area contributed by atoms with E-state index in [4.69, 9.17) is 9.84 Å². The van der Waals surface area contributed by atoms with Gasteiger partial charge in [-0.3, -0.25) is 9.69 Å². The van der Waals surface area contributed by atoms with Crippen molar-refractivity contribution in [3.8, 4) is 0 Å². The van der Waals surface area contributed by atoms with Crippen molar-refractivity contribution < 1.29 is 14.6 Å². The Balaban J connectivity index is 1.93. The summed E-state index contributed by atoms with van der Waals surface area (Å²) in [5.41, 5.74) is 1.72. The minimum absolute atomic E-state index is 0.0554. The fourth-order valence-corrected chi connectivity index (χ4v) is 2.52. The number of aliphatic carboxylic acids is 1.